The van der Waals surface area contributed by atoms with Gasteiger partial charge < -0.3 is 15.7 Å². The Balaban J connectivity index is 1.84. The van der Waals surface area contributed by atoms with E-state index >= 15 is 0 Å². The van der Waals surface area contributed by atoms with Crippen LogP contribution >= 0.6 is 0 Å². The minimum atomic E-state index is -2.98. The number of guanidine groups is 1. The van der Waals surface area contributed by atoms with Gasteiger partial charge in [-0.2, -0.15) is 0 Å². The van der Waals surface area contributed by atoms with Crippen molar-refractivity contribution in [1.82, 2.24) is 10.6 Å². The average Bonchev–Trinajstić information content (AvgIpc) is 3.31. The number of nitrogens with zero attached hydrogens (tertiary/aromatic N) is 1. The molecule has 0 radical (unpaired) electrons. The fourth-order valence-electron chi connectivity index (χ4n) is 2.84. The van der Waals surface area contributed by atoms with Gasteiger partial charge in [0.2, 0.25) is 0 Å². The van der Waals surface area contributed by atoms with Crippen LogP contribution in [0.3, 0.4) is 0 Å². The summed E-state index contributed by atoms with van der Waals surface area (Å²) in [5.74, 6) is 0.873. The summed E-state index contributed by atoms with van der Waals surface area (Å²) in [6.45, 7) is 3.81. The summed E-state index contributed by atoms with van der Waals surface area (Å²) in [6, 6.07) is 9.56. The topological polar surface area (TPSA) is 90.8 Å². The van der Waals surface area contributed by atoms with E-state index < -0.39 is 15.9 Å². The Morgan fingerprint density at radius 3 is 2.52 bits per heavy atom. The number of hydrogen-bond donors (Lipinski definition) is 3. The largest absolute Gasteiger partial charge is 0.388 e. The second-order valence-electron chi connectivity index (χ2n) is 6.91. The summed E-state index contributed by atoms with van der Waals surface area (Å²) >= 11 is 0. The van der Waals surface area contributed by atoms with Crippen molar-refractivity contribution in [3.63, 3.8) is 0 Å². The van der Waals surface area contributed by atoms with Crippen LogP contribution in [0.4, 0.5) is 0 Å². The third-order valence-electron chi connectivity index (χ3n) is 4.34. The molecule has 6 nitrogen and oxygen atoms in total. The Kier molecular flexibility index (Phi) is 6.84. The number of benzene rings is 1. The standard InChI is InChI=1S/C18H29N3O3S/c1-3-19-17(21-13-18(10-11-18)14-25(2,23)24)20-12-9-16(22)15-7-5-4-6-8-15/h4-8,16,22H,3,9-14H2,1-2H3,(H2,19,20,21). The lowest BCUT2D eigenvalue weighted by atomic mass is 10.1. The second kappa shape index (κ2) is 8.67. The predicted molar refractivity (Wildman–Crippen MR) is 101 cm³/mol. The Hall–Kier alpha value is -1.60. The van der Waals surface area contributed by atoms with Crippen molar-refractivity contribution in [3.05, 3.63) is 35.9 Å². The van der Waals surface area contributed by atoms with Crippen LogP contribution in [0, 0.1) is 5.41 Å². The molecule has 1 saturated carbocycles. The maximum absolute atomic E-state index is 11.5. The molecule has 1 aliphatic carbocycles. The maximum Gasteiger partial charge on any atom is 0.191 e. The van der Waals surface area contributed by atoms with E-state index in [2.05, 4.69) is 15.6 Å². The van der Waals surface area contributed by atoms with Gasteiger partial charge in [0.1, 0.15) is 9.84 Å². The lowest BCUT2D eigenvalue weighted by molar-refractivity contribution is 0.168. The Morgan fingerprint density at radius 2 is 1.96 bits per heavy atom. The fourth-order valence-corrected chi connectivity index (χ4v) is 4.33. The first kappa shape index (κ1) is 19.7. The molecule has 0 spiro atoms. The van der Waals surface area contributed by atoms with Crippen LogP contribution in [-0.2, 0) is 9.84 Å². The molecule has 0 aliphatic heterocycles. The minimum absolute atomic E-state index is 0.181. The van der Waals surface area contributed by atoms with E-state index in [1.165, 1.54) is 6.26 Å². The highest BCUT2D eigenvalue weighted by molar-refractivity contribution is 7.90. The van der Waals surface area contributed by atoms with Crippen LogP contribution in [-0.4, -0.2) is 51.1 Å². The first-order valence-electron chi connectivity index (χ1n) is 8.76. The summed E-state index contributed by atoms with van der Waals surface area (Å²) in [5, 5.41) is 16.6. The molecule has 0 amide bonds. The van der Waals surface area contributed by atoms with Crippen molar-refractivity contribution in [2.75, 3.05) is 31.6 Å². The first-order valence-corrected chi connectivity index (χ1v) is 10.8. The highest BCUT2D eigenvalue weighted by Crippen LogP contribution is 2.46. The summed E-state index contributed by atoms with van der Waals surface area (Å²) in [4.78, 5) is 4.55. The van der Waals surface area contributed by atoms with Crippen LogP contribution < -0.4 is 10.6 Å². The monoisotopic (exact) mass is 367 g/mol. The van der Waals surface area contributed by atoms with Crippen molar-refractivity contribution in [3.8, 4) is 0 Å². The number of hydrogen-bond acceptors (Lipinski definition) is 4. The lowest BCUT2D eigenvalue weighted by Crippen LogP contribution is -2.38. The van der Waals surface area contributed by atoms with Crippen molar-refractivity contribution < 1.29 is 13.5 Å². The third-order valence-corrected chi connectivity index (χ3v) is 5.47. The van der Waals surface area contributed by atoms with Gasteiger partial charge >= 0.3 is 0 Å². The Bertz CT molecular complexity index is 670. The quantitative estimate of drug-likeness (QED) is 0.454. The van der Waals surface area contributed by atoms with Gasteiger partial charge in [-0.25, -0.2) is 8.42 Å². The smallest absolute Gasteiger partial charge is 0.191 e. The van der Waals surface area contributed by atoms with Gasteiger partial charge in [-0.1, -0.05) is 30.3 Å². The van der Waals surface area contributed by atoms with Crippen LogP contribution in [0.5, 0.6) is 0 Å². The zero-order chi connectivity index (χ0) is 18.3. The molecule has 1 aromatic carbocycles. The molecule has 0 bridgehead atoms. The van der Waals surface area contributed by atoms with E-state index in [9.17, 15) is 13.5 Å². The normalized spacial score (nSPS) is 17.8. The van der Waals surface area contributed by atoms with Crippen molar-refractivity contribution in [2.45, 2.75) is 32.3 Å². The number of sulfone groups is 1. The van der Waals surface area contributed by atoms with E-state index in [4.69, 9.17) is 0 Å². The number of aliphatic imine (C=N–C) groups is 1. The van der Waals surface area contributed by atoms with E-state index in [1.54, 1.807) is 0 Å². The second-order valence-corrected chi connectivity index (χ2v) is 9.05. The number of nitrogens with one attached hydrogen (secondary N) is 2. The molecule has 1 unspecified atom stereocenters. The molecule has 25 heavy (non-hydrogen) atoms. The van der Waals surface area contributed by atoms with Gasteiger partial charge in [0.15, 0.2) is 5.96 Å². The predicted octanol–water partition coefficient (Wildman–Crippen LogP) is 1.49. The van der Waals surface area contributed by atoms with Gasteiger partial charge in [0, 0.05) is 31.3 Å². The van der Waals surface area contributed by atoms with Gasteiger partial charge in [-0.3, -0.25) is 4.99 Å². The van der Waals surface area contributed by atoms with Crippen molar-refractivity contribution in [1.29, 1.82) is 0 Å². The molecule has 7 heteroatoms. The van der Waals surface area contributed by atoms with E-state index in [0.29, 0.717) is 25.5 Å². The van der Waals surface area contributed by atoms with Crippen LogP contribution in [0.25, 0.3) is 0 Å². The zero-order valence-corrected chi connectivity index (χ0v) is 15.8. The van der Waals surface area contributed by atoms with Crippen LogP contribution in [0.2, 0.25) is 0 Å². The highest BCUT2D eigenvalue weighted by atomic mass is 32.2. The summed E-state index contributed by atoms with van der Waals surface area (Å²) in [6.07, 6.45) is 3.16. The molecule has 3 N–H and O–H groups in total. The summed E-state index contributed by atoms with van der Waals surface area (Å²) in [5.41, 5.74) is 0.718. The molecular weight excluding hydrogens is 338 g/mol. The number of aliphatic hydroxyl groups excluding tert-OH is 1. The van der Waals surface area contributed by atoms with E-state index in [1.807, 2.05) is 37.3 Å². The fraction of sp³-hybridized carbons (Fsp3) is 0.611. The highest BCUT2D eigenvalue weighted by Gasteiger charge is 2.45. The molecule has 2 rings (SSSR count). The van der Waals surface area contributed by atoms with E-state index in [-0.39, 0.29) is 11.2 Å². The molecule has 0 aromatic heterocycles. The molecule has 1 fully saturated rings. The molecule has 0 heterocycles. The van der Waals surface area contributed by atoms with Crippen molar-refractivity contribution >= 4 is 15.8 Å². The van der Waals surface area contributed by atoms with E-state index in [0.717, 1.165) is 24.9 Å². The Morgan fingerprint density at radius 1 is 1.28 bits per heavy atom. The maximum atomic E-state index is 11.5. The minimum Gasteiger partial charge on any atom is -0.388 e. The number of rotatable bonds is 9. The molecule has 1 atom stereocenters. The molecule has 0 saturated heterocycles. The molecule has 1 aliphatic rings. The summed E-state index contributed by atoms with van der Waals surface area (Å²) in [7, 11) is -2.98. The van der Waals surface area contributed by atoms with Gasteiger partial charge in [-0.15, -0.1) is 0 Å². The van der Waals surface area contributed by atoms with Gasteiger partial charge in [0.25, 0.3) is 0 Å². The Labute approximate surface area is 150 Å². The first-order chi connectivity index (χ1) is 11.8. The van der Waals surface area contributed by atoms with Crippen molar-refractivity contribution in [2.24, 2.45) is 10.4 Å². The van der Waals surface area contributed by atoms with Gasteiger partial charge in [0.05, 0.1) is 11.9 Å². The van der Waals surface area contributed by atoms with Gasteiger partial charge in [-0.05, 0) is 31.7 Å². The summed E-state index contributed by atoms with van der Waals surface area (Å²) < 4.78 is 23.1. The third kappa shape index (κ3) is 7.04. The molecule has 1 aromatic rings. The average molecular weight is 368 g/mol. The lowest BCUT2D eigenvalue weighted by Gasteiger charge is -2.16. The zero-order valence-electron chi connectivity index (χ0n) is 15.0. The SMILES string of the molecule is CCNC(=NCC1(CS(C)(=O)=O)CC1)NCCC(O)c1ccccc1. The van der Waals surface area contributed by atoms with Crippen LogP contribution in [0.1, 0.15) is 37.9 Å². The molecular formula is C18H29N3O3S. The number of aliphatic hydroxyl groups is 1. The molecule has 140 valence electrons. The van der Waals surface area contributed by atoms with Crippen LogP contribution in [0.15, 0.2) is 35.3 Å².